The standard InChI is InChI=1S/C16H19N3O2/c1-2-8-20-13(3-1)10-15-18-16(21-19-15)12-4-5-14-11(9-12)6-7-17-14/h4-5,9,13,17H,1-3,6-8,10H2. The summed E-state index contributed by atoms with van der Waals surface area (Å²) in [5.41, 5.74) is 3.54. The van der Waals surface area contributed by atoms with E-state index in [4.69, 9.17) is 9.26 Å². The maximum Gasteiger partial charge on any atom is 0.257 e. The molecule has 2 aliphatic rings. The molecule has 0 saturated carbocycles. The first kappa shape index (κ1) is 12.8. The van der Waals surface area contributed by atoms with Gasteiger partial charge >= 0.3 is 0 Å². The molecule has 0 aliphatic carbocycles. The molecule has 5 heteroatoms. The summed E-state index contributed by atoms with van der Waals surface area (Å²) in [4.78, 5) is 4.52. The van der Waals surface area contributed by atoms with Crippen molar-refractivity contribution < 1.29 is 9.26 Å². The van der Waals surface area contributed by atoms with Crippen LogP contribution in [0.25, 0.3) is 11.5 Å². The number of ether oxygens (including phenoxy) is 1. The fourth-order valence-electron chi connectivity index (χ4n) is 3.06. The van der Waals surface area contributed by atoms with E-state index < -0.39 is 0 Å². The second-order valence-electron chi connectivity index (χ2n) is 5.76. The molecule has 4 rings (SSSR count). The van der Waals surface area contributed by atoms with Gasteiger partial charge in [-0.25, -0.2) is 0 Å². The normalized spacial score (nSPS) is 21.0. The van der Waals surface area contributed by atoms with E-state index in [1.54, 1.807) is 0 Å². The molecule has 1 unspecified atom stereocenters. The van der Waals surface area contributed by atoms with Gasteiger partial charge in [-0.15, -0.1) is 0 Å². The number of hydrogen-bond acceptors (Lipinski definition) is 5. The first-order chi connectivity index (χ1) is 10.4. The van der Waals surface area contributed by atoms with E-state index >= 15 is 0 Å². The summed E-state index contributed by atoms with van der Waals surface area (Å²) < 4.78 is 11.1. The molecule has 0 amide bonds. The molecule has 0 radical (unpaired) electrons. The van der Waals surface area contributed by atoms with Crippen LogP contribution in [0.4, 0.5) is 5.69 Å². The van der Waals surface area contributed by atoms with E-state index in [0.717, 1.165) is 50.2 Å². The molecule has 1 aromatic heterocycles. The third kappa shape index (κ3) is 2.65. The van der Waals surface area contributed by atoms with Crippen LogP contribution in [0.15, 0.2) is 22.7 Å². The zero-order valence-corrected chi connectivity index (χ0v) is 12.0. The molecule has 1 fully saturated rings. The third-order valence-corrected chi connectivity index (χ3v) is 4.21. The SMILES string of the molecule is c1cc2c(cc1-c1nc(CC3CCCCO3)no1)CCN2. The van der Waals surface area contributed by atoms with Gasteiger partial charge in [-0.1, -0.05) is 5.16 Å². The van der Waals surface area contributed by atoms with Crippen LogP contribution in [0.3, 0.4) is 0 Å². The first-order valence-corrected chi connectivity index (χ1v) is 7.70. The minimum Gasteiger partial charge on any atom is -0.384 e. The van der Waals surface area contributed by atoms with Crippen LogP contribution in [0.5, 0.6) is 0 Å². The van der Waals surface area contributed by atoms with Crippen molar-refractivity contribution in [1.29, 1.82) is 0 Å². The number of fused-ring (bicyclic) bond motifs is 1. The Balaban J connectivity index is 1.51. The maximum atomic E-state index is 5.73. The second kappa shape index (κ2) is 5.48. The Hall–Kier alpha value is -1.88. The van der Waals surface area contributed by atoms with Gasteiger partial charge in [-0.05, 0) is 49.4 Å². The predicted octanol–water partition coefficient (Wildman–Crippen LogP) is 2.82. The molecule has 21 heavy (non-hydrogen) atoms. The number of hydrogen-bond donors (Lipinski definition) is 1. The van der Waals surface area contributed by atoms with E-state index in [0.29, 0.717) is 5.89 Å². The van der Waals surface area contributed by atoms with Crippen molar-refractivity contribution in [2.45, 2.75) is 38.2 Å². The fraction of sp³-hybridized carbons (Fsp3) is 0.500. The summed E-state index contributed by atoms with van der Waals surface area (Å²) in [6, 6.07) is 6.26. The van der Waals surface area contributed by atoms with Crippen LogP contribution in [0.1, 0.15) is 30.7 Å². The lowest BCUT2D eigenvalue weighted by Gasteiger charge is -2.20. The molecule has 1 N–H and O–H groups in total. The number of nitrogens with zero attached hydrogens (tertiary/aromatic N) is 2. The van der Waals surface area contributed by atoms with Crippen molar-refractivity contribution in [2.24, 2.45) is 0 Å². The van der Waals surface area contributed by atoms with E-state index in [2.05, 4.69) is 27.6 Å². The Morgan fingerprint density at radius 3 is 3.19 bits per heavy atom. The average Bonchev–Trinajstić information content (AvgIpc) is 3.16. The van der Waals surface area contributed by atoms with Gasteiger partial charge < -0.3 is 14.6 Å². The van der Waals surface area contributed by atoms with Crippen molar-refractivity contribution in [3.8, 4) is 11.5 Å². The van der Waals surface area contributed by atoms with Gasteiger partial charge in [0.15, 0.2) is 5.82 Å². The van der Waals surface area contributed by atoms with Crippen molar-refractivity contribution in [3.63, 3.8) is 0 Å². The van der Waals surface area contributed by atoms with Gasteiger partial charge in [-0.2, -0.15) is 4.98 Å². The van der Waals surface area contributed by atoms with Crippen molar-refractivity contribution in [1.82, 2.24) is 10.1 Å². The van der Waals surface area contributed by atoms with Crippen molar-refractivity contribution >= 4 is 5.69 Å². The number of nitrogens with one attached hydrogen (secondary N) is 1. The van der Waals surface area contributed by atoms with Gasteiger partial charge in [-0.3, -0.25) is 0 Å². The Morgan fingerprint density at radius 2 is 2.29 bits per heavy atom. The number of aromatic nitrogens is 2. The molecule has 2 aliphatic heterocycles. The highest BCUT2D eigenvalue weighted by atomic mass is 16.5. The quantitative estimate of drug-likeness (QED) is 0.939. The Labute approximate surface area is 123 Å². The van der Waals surface area contributed by atoms with E-state index in [1.165, 1.54) is 17.7 Å². The Morgan fingerprint density at radius 1 is 1.29 bits per heavy atom. The zero-order valence-electron chi connectivity index (χ0n) is 12.0. The highest BCUT2D eigenvalue weighted by Gasteiger charge is 2.19. The topological polar surface area (TPSA) is 60.2 Å². The lowest BCUT2D eigenvalue weighted by Crippen LogP contribution is -2.21. The molecule has 1 aromatic carbocycles. The highest BCUT2D eigenvalue weighted by Crippen LogP contribution is 2.28. The molecule has 3 heterocycles. The van der Waals surface area contributed by atoms with E-state index in [-0.39, 0.29) is 6.10 Å². The van der Waals surface area contributed by atoms with Gasteiger partial charge in [0, 0.05) is 30.8 Å². The summed E-state index contributed by atoms with van der Waals surface area (Å²) in [5, 5.41) is 7.45. The van der Waals surface area contributed by atoms with Crippen LogP contribution in [-0.2, 0) is 17.6 Å². The van der Waals surface area contributed by atoms with Crippen molar-refractivity contribution in [2.75, 3.05) is 18.5 Å². The van der Waals surface area contributed by atoms with Crippen LogP contribution < -0.4 is 5.32 Å². The van der Waals surface area contributed by atoms with Crippen LogP contribution in [0.2, 0.25) is 0 Å². The lowest BCUT2D eigenvalue weighted by molar-refractivity contribution is 0.0153. The molecule has 0 bridgehead atoms. The number of anilines is 1. The molecular weight excluding hydrogens is 266 g/mol. The summed E-state index contributed by atoms with van der Waals surface area (Å²) in [5.74, 6) is 1.35. The summed E-state index contributed by atoms with van der Waals surface area (Å²) in [6.45, 7) is 1.86. The van der Waals surface area contributed by atoms with Crippen molar-refractivity contribution in [3.05, 3.63) is 29.6 Å². The number of benzene rings is 1. The Kier molecular flexibility index (Phi) is 3.35. The fourth-order valence-corrected chi connectivity index (χ4v) is 3.06. The lowest BCUT2D eigenvalue weighted by atomic mass is 10.1. The molecule has 5 nitrogen and oxygen atoms in total. The summed E-state index contributed by atoms with van der Waals surface area (Å²) >= 11 is 0. The van der Waals surface area contributed by atoms with Crippen LogP contribution in [0, 0.1) is 0 Å². The molecule has 2 aromatic rings. The average molecular weight is 285 g/mol. The summed E-state index contributed by atoms with van der Waals surface area (Å²) in [6.07, 6.45) is 5.53. The molecule has 1 atom stereocenters. The van der Waals surface area contributed by atoms with Crippen LogP contribution >= 0.6 is 0 Å². The van der Waals surface area contributed by atoms with Gasteiger partial charge in [0.1, 0.15) is 0 Å². The van der Waals surface area contributed by atoms with Gasteiger partial charge in [0.05, 0.1) is 6.10 Å². The minimum atomic E-state index is 0.244. The van der Waals surface area contributed by atoms with E-state index in [1.807, 2.05) is 6.07 Å². The summed E-state index contributed by atoms with van der Waals surface area (Å²) in [7, 11) is 0. The Bertz CT molecular complexity index is 632. The minimum absolute atomic E-state index is 0.244. The largest absolute Gasteiger partial charge is 0.384 e. The third-order valence-electron chi connectivity index (χ3n) is 4.21. The second-order valence-corrected chi connectivity index (χ2v) is 5.76. The molecule has 0 spiro atoms. The van der Waals surface area contributed by atoms with Crippen LogP contribution in [-0.4, -0.2) is 29.4 Å². The molecule has 1 saturated heterocycles. The highest BCUT2D eigenvalue weighted by molar-refractivity contribution is 5.64. The molecule has 110 valence electrons. The zero-order chi connectivity index (χ0) is 14.1. The molecular formula is C16H19N3O2. The monoisotopic (exact) mass is 285 g/mol. The van der Waals surface area contributed by atoms with Gasteiger partial charge in [0.2, 0.25) is 0 Å². The van der Waals surface area contributed by atoms with Gasteiger partial charge in [0.25, 0.3) is 5.89 Å². The first-order valence-electron chi connectivity index (χ1n) is 7.70. The maximum absolute atomic E-state index is 5.73. The predicted molar refractivity (Wildman–Crippen MR) is 79.2 cm³/mol. The van der Waals surface area contributed by atoms with E-state index in [9.17, 15) is 0 Å². The smallest absolute Gasteiger partial charge is 0.257 e. The number of rotatable bonds is 3.